The zero-order valence-corrected chi connectivity index (χ0v) is 55.9. The average Bonchev–Trinajstić information content (AvgIpc) is 1.70. The predicted octanol–water partition coefficient (Wildman–Crippen LogP) is -8.72. The highest BCUT2D eigenvalue weighted by atomic mass is 16.6. The molecule has 564 valence electrons. The van der Waals surface area contributed by atoms with Crippen molar-refractivity contribution in [2.75, 3.05) is 19.8 Å². The Morgan fingerprint density at radius 3 is 0.735 bits per heavy atom. The van der Waals surface area contributed by atoms with E-state index in [4.69, 9.17) is 78.1 Å². The first-order chi connectivity index (χ1) is 48.2. The molecule has 102 heavy (non-hydrogen) atoms. The first kappa shape index (κ1) is 80.3. The van der Waals surface area contributed by atoms with Crippen LogP contribution in [0, 0.1) is 23.7 Å². The number of nitrogens with two attached hydrogens (primary N) is 6. The third-order valence-corrected chi connectivity index (χ3v) is 17.2. The van der Waals surface area contributed by atoms with Gasteiger partial charge in [0.15, 0.2) is 37.4 Å². The summed E-state index contributed by atoms with van der Waals surface area (Å²) in [6, 6.07) is 0. The molecule has 0 saturated carbocycles. The van der Waals surface area contributed by atoms with Crippen LogP contribution >= 0.6 is 0 Å². The standard InChI is InChI=1S/2C10H16N4O3.3C9H14N4O4.C8H12N4O5/c1-3-6-7(15)5(2)10(17-6)14-4-12-9(13-14)8(11)16;1-3-6-5(2)7(15)10(17-6)14-4-12-9(13-14)8(11)16;1-4-6(15)5(2-14)17-9(4)13-3-11-8(12-13)7(10)16;1-4-5(2-14)17-9(6(4)15)13-3-11-8(12-13)7(10)16;1-2-4-5(14)6(15)9(17-4)13-3-11-8(12-13)7(10)16;9-6(16)7-10-2-12(11-7)8-5(15)4(14)3(1-13)17-8/h2*4-7,10,15H,3H2,1-2H3,(H2,11,16);3*3-6,9,14-15H,2H2,1H3,(H2,10,16);2-5,8,13-15H,1H2,(H2,9,16)/t5-,6-,7+,10-;5-,6-,7-,10-;4-,5-,6+,9-;2*4-,5-,6-,9-;3-,4-,5-,8-/m111111/s1. The van der Waals surface area contributed by atoms with Gasteiger partial charge in [-0.2, -0.15) is 0 Å². The Bertz CT molecular complexity index is 3130. The largest absolute Gasteiger partial charge is 0.394 e. The van der Waals surface area contributed by atoms with Crippen LogP contribution in [0.4, 0.5) is 0 Å². The molecule has 6 amide bonds. The van der Waals surface area contributed by atoms with Crippen LogP contribution in [-0.4, -0.2) is 285 Å². The highest BCUT2D eigenvalue weighted by Gasteiger charge is 2.48. The van der Waals surface area contributed by atoms with Crippen LogP contribution in [-0.2, 0) is 28.4 Å². The first-order valence-corrected chi connectivity index (χ1v) is 31.7. The summed E-state index contributed by atoms with van der Waals surface area (Å²) in [5.41, 5.74) is 30.2. The van der Waals surface area contributed by atoms with Crippen LogP contribution in [0.5, 0.6) is 0 Å². The Balaban J connectivity index is 0.000000172. The minimum absolute atomic E-state index is 0.0174. The maximum Gasteiger partial charge on any atom is 0.288 e. The van der Waals surface area contributed by atoms with Crippen molar-refractivity contribution < 1.29 is 113 Å². The van der Waals surface area contributed by atoms with E-state index in [0.717, 1.165) is 23.9 Å². The molecule has 6 aliphatic rings. The molecule has 0 bridgehead atoms. The van der Waals surface area contributed by atoms with Gasteiger partial charge in [-0.05, 0) is 19.3 Å². The SMILES string of the molecule is CC[C@H]1O[C@@H](n2cnc(C(N)=O)n2)[C@H](C)[C@@H]1O.CC[C@H]1O[C@@H](n2cnc(C(N)=O)n2)[C@H](O)[C@@H]1C.CC[C@H]1O[C@@H](n2cnc(C(N)=O)n2)[C@H](O)[C@@H]1O.C[C@@H]1[C@H](O)[C@@H](CO)O[C@H]1n1cnc(C(N)=O)n1.C[C@H]1[C@@H](O)[C@H](n2cnc(C(N)=O)n2)O[C@@H]1CO.NC(=O)c1ncn([C@@H]2O[C@H](CO)[C@@H](O)[C@H]2O)n1. The molecule has 47 heteroatoms. The molecule has 6 aliphatic heterocycles. The van der Waals surface area contributed by atoms with Gasteiger partial charge in [0.05, 0.1) is 56.4 Å². The van der Waals surface area contributed by atoms with Crippen molar-refractivity contribution in [1.82, 2.24) is 88.6 Å². The average molecular weight is 1450 g/mol. The number of aromatic nitrogens is 18. The Kier molecular flexibility index (Phi) is 27.7. The number of aliphatic hydroxyl groups is 11. The van der Waals surface area contributed by atoms with E-state index in [1.165, 1.54) is 55.0 Å². The number of primary amides is 6. The van der Waals surface area contributed by atoms with Crippen LogP contribution in [0.15, 0.2) is 38.0 Å². The van der Waals surface area contributed by atoms with Crippen LogP contribution in [0.3, 0.4) is 0 Å². The van der Waals surface area contributed by atoms with Gasteiger partial charge < -0.3 is 119 Å². The smallest absolute Gasteiger partial charge is 0.288 e. The fourth-order valence-corrected chi connectivity index (χ4v) is 11.2. The monoisotopic (exact) mass is 1450 g/mol. The molecule has 0 aliphatic carbocycles. The lowest BCUT2D eigenvalue weighted by atomic mass is 9.99. The van der Waals surface area contributed by atoms with Crippen molar-refractivity contribution in [3.8, 4) is 0 Å². The number of ether oxygens (including phenoxy) is 6. The maximum atomic E-state index is 10.9. The third-order valence-electron chi connectivity index (χ3n) is 17.2. The van der Waals surface area contributed by atoms with Gasteiger partial charge in [-0.3, -0.25) is 28.8 Å². The lowest BCUT2D eigenvalue weighted by molar-refractivity contribution is -0.0588. The quantitative estimate of drug-likeness (QED) is 0.0380. The van der Waals surface area contributed by atoms with E-state index in [0.29, 0.717) is 6.42 Å². The van der Waals surface area contributed by atoms with E-state index in [-0.39, 0.29) is 84.0 Å². The summed E-state index contributed by atoms with van der Waals surface area (Å²) in [5, 5.41) is 128. The fraction of sp³-hybridized carbons (Fsp3) is 0.673. The van der Waals surface area contributed by atoms with E-state index in [1.54, 1.807) is 13.8 Å². The molecule has 24 atom stereocenters. The molecular weight excluding hydrogens is 1360 g/mol. The summed E-state index contributed by atoms with van der Waals surface area (Å²) in [7, 11) is 0. The van der Waals surface area contributed by atoms with Crippen LogP contribution in [0.25, 0.3) is 0 Å². The summed E-state index contributed by atoms with van der Waals surface area (Å²) in [6.07, 6.45) is -4.51. The Hall–Kier alpha value is -9.02. The highest BCUT2D eigenvalue weighted by Crippen LogP contribution is 2.38. The number of nitrogens with zero attached hydrogens (tertiary/aromatic N) is 18. The third kappa shape index (κ3) is 18.2. The second-order valence-electron chi connectivity index (χ2n) is 24.0. The van der Waals surface area contributed by atoms with Gasteiger partial charge in [0, 0.05) is 23.7 Å². The summed E-state index contributed by atoms with van der Waals surface area (Å²) in [6.45, 7) is 12.2. The van der Waals surface area contributed by atoms with E-state index >= 15 is 0 Å². The van der Waals surface area contributed by atoms with E-state index < -0.39 is 153 Å². The van der Waals surface area contributed by atoms with E-state index in [2.05, 4.69) is 60.5 Å². The summed E-state index contributed by atoms with van der Waals surface area (Å²) in [5.74, 6) is -5.76. The molecule has 6 aromatic heterocycles. The zero-order valence-electron chi connectivity index (χ0n) is 55.9. The molecule has 47 nitrogen and oxygen atoms in total. The molecule has 12 heterocycles. The number of carbonyl (C=O) groups excluding carboxylic acids is 6. The summed E-state index contributed by atoms with van der Waals surface area (Å²) < 4.78 is 40.4. The Labute approximate surface area is 577 Å². The van der Waals surface area contributed by atoms with Gasteiger partial charge in [-0.25, -0.2) is 58.0 Å². The van der Waals surface area contributed by atoms with Crippen LogP contribution < -0.4 is 34.4 Å². The van der Waals surface area contributed by atoms with Gasteiger partial charge in [0.2, 0.25) is 34.9 Å². The van der Waals surface area contributed by atoms with Crippen LogP contribution in [0.1, 0.15) is 169 Å². The van der Waals surface area contributed by atoms with E-state index in [1.807, 2.05) is 34.6 Å². The topological polar surface area (TPSA) is 721 Å². The molecule has 12 rings (SSSR count). The maximum absolute atomic E-state index is 10.9. The molecule has 6 fully saturated rings. The highest BCUT2D eigenvalue weighted by molar-refractivity contribution is 5.90. The number of rotatable bonds is 18. The molecule has 6 saturated heterocycles. The lowest BCUT2D eigenvalue weighted by Gasteiger charge is -2.14. The van der Waals surface area contributed by atoms with Gasteiger partial charge in [-0.15, -0.1) is 30.6 Å². The number of aliphatic hydroxyl groups excluding tert-OH is 11. The van der Waals surface area contributed by atoms with Gasteiger partial charge in [-0.1, -0.05) is 48.5 Å². The first-order valence-electron chi connectivity index (χ1n) is 31.7. The molecule has 0 radical (unpaired) electrons. The molecular formula is C55H86N24O23. The van der Waals surface area contributed by atoms with Gasteiger partial charge in [0.1, 0.15) is 86.8 Å². The molecule has 0 aromatic carbocycles. The van der Waals surface area contributed by atoms with Crippen molar-refractivity contribution in [1.29, 1.82) is 0 Å². The van der Waals surface area contributed by atoms with Gasteiger partial charge in [0.25, 0.3) is 35.4 Å². The second kappa shape index (κ2) is 35.2. The van der Waals surface area contributed by atoms with Crippen molar-refractivity contribution in [3.05, 3.63) is 72.9 Å². The van der Waals surface area contributed by atoms with Crippen molar-refractivity contribution in [2.24, 2.45) is 58.1 Å². The van der Waals surface area contributed by atoms with Crippen molar-refractivity contribution >= 4 is 35.4 Å². The molecule has 0 spiro atoms. The van der Waals surface area contributed by atoms with Crippen LogP contribution in [0.2, 0.25) is 0 Å². The molecule has 23 N–H and O–H groups in total. The summed E-state index contributed by atoms with van der Waals surface area (Å²) >= 11 is 0. The van der Waals surface area contributed by atoms with Gasteiger partial charge >= 0.3 is 0 Å². The fourth-order valence-electron chi connectivity index (χ4n) is 11.2. The molecule has 6 aromatic rings. The second-order valence-corrected chi connectivity index (χ2v) is 24.0. The van der Waals surface area contributed by atoms with Crippen molar-refractivity contribution in [2.45, 2.75) is 191 Å². The van der Waals surface area contributed by atoms with E-state index in [9.17, 15) is 69.6 Å². The summed E-state index contributed by atoms with van der Waals surface area (Å²) in [4.78, 5) is 87.3. The van der Waals surface area contributed by atoms with Crippen molar-refractivity contribution in [3.63, 3.8) is 0 Å². The number of hydrogen-bond donors (Lipinski definition) is 17. The predicted molar refractivity (Wildman–Crippen MR) is 332 cm³/mol. The normalized spacial score (nSPS) is 32.9. The minimum atomic E-state index is -1.27. The molecule has 0 unspecified atom stereocenters. The Morgan fingerprint density at radius 1 is 0.304 bits per heavy atom. The number of hydrogen-bond acceptors (Lipinski definition) is 35. The Morgan fingerprint density at radius 2 is 0.510 bits per heavy atom. The minimum Gasteiger partial charge on any atom is -0.394 e. The number of amides is 6. The zero-order chi connectivity index (χ0) is 75.5. The number of carbonyl (C=O) groups is 6. The lowest BCUT2D eigenvalue weighted by Crippen LogP contribution is -2.33.